The van der Waals surface area contributed by atoms with E-state index in [2.05, 4.69) is 10.1 Å². The Balaban J connectivity index is 4.50. The van der Waals surface area contributed by atoms with Crippen molar-refractivity contribution in [3.63, 3.8) is 0 Å². The number of esters is 1. The van der Waals surface area contributed by atoms with Crippen LogP contribution in [0.2, 0.25) is 0 Å². The number of nitrogens with two attached hydrogens (primary N) is 2. The van der Waals surface area contributed by atoms with Crippen LogP contribution in [0.5, 0.6) is 0 Å². The molecule has 0 bridgehead atoms. The van der Waals surface area contributed by atoms with E-state index in [4.69, 9.17) is 11.5 Å². The fourth-order valence-corrected chi connectivity index (χ4v) is 1.19. The van der Waals surface area contributed by atoms with Crippen LogP contribution in [-0.4, -0.2) is 37.0 Å². The van der Waals surface area contributed by atoms with Crippen LogP contribution >= 0.6 is 0 Å². The van der Waals surface area contributed by atoms with Crippen LogP contribution in [0, 0.1) is 5.92 Å². The molecule has 0 aromatic rings. The maximum absolute atomic E-state index is 11.6. The highest BCUT2D eigenvalue weighted by atomic mass is 16.5. The zero-order valence-corrected chi connectivity index (χ0v) is 10.2. The minimum atomic E-state index is -1.06. The van der Waals surface area contributed by atoms with Crippen LogP contribution in [0.1, 0.15) is 20.3 Å². The molecule has 0 aliphatic rings. The summed E-state index contributed by atoms with van der Waals surface area (Å²) >= 11 is 0. The van der Waals surface area contributed by atoms with Gasteiger partial charge >= 0.3 is 5.97 Å². The number of amides is 2. The van der Waals surface area contributed by atoms with Crippen LogP contribution in [0.15, 0.2) is 0 Å². The monoisotopic (exact) mass is 245 g/mol. The predicted octanol–water partition coefficient (Wildman–Crippen LogP) is -1.50. The molecule has 0 saturated heterocycles. The molecule has 7 nitrogen and oxygen atoms in total. The zero-order chi connectivity index (χ0) is 13.6. The molecule has 5 N–H and O–H groups in total. The van der Waals surface area contributed by atoms with E-state index in [0.29, 0.717) is 0 Å². The van der Waals surface area contributed by atoms with Crippen LogP contribution in [0.3, 0.4) is 0 Å². The van der Waals surface area contributed by atoms with Gasteiger partial charge < -0.3 is 21.5 Å². The smallest absolute Gasteiger partial charge is 0.328 e. The maximum Gasteiger partial charge on any atom is 0.328 e. The first-order valence-electron chi connectivity index (χ1n) is 5.21. The summed E-state index contributed by atoms with van der Waals surface area (Å²) in [7, 11) is 1.23. The van der Waals surface area contributed by atoms with E-state index in [1.165, 1.54) is 7.11 Å². The third-order valence-electron chi connectivity index (χ3n) is 2.18. The number of methoxy groups -OCH3 is 1. The molecule has 0 aliphatic carbocycles. The van der Waals surface area contributed by atoms with Crippen molar-refractivity contribution in [1.82, 2.24) is 5.32 Å². The van der Waals surface area contributed by atoms with Crippen molar-refractivity contribution in [3.8, 4) is 0 Å². The quantitative estimate of drug-likeness (QED) is 0.491. The van der Waals surface area contributed by atoms with Gasteiger partial charge in [-0.3, -0.25) is 9.59 Å². The van der Waals surface area contributed by atoms with Crippen molar-refractivity contribution in [1.29, 1.82) is 0 Å². The van der Waals surface area contributed by atoms with Gasteiger partial charge in [-0.1, -0.05) is 13.8 Å². The lowest BCUT2D eigenvalue weighted by molar-refractivity contribution is -0.146. The first-order chi connectivity index (χ1) is 7.79. The van der Waals surface area contributed by atoms with Crippen molar-refractivity contribution in [2.24, 2.45) is 17.4 Å². The molecule has 0 spiro atoms. The van der Waals surface area contributed by atoms with E-state index in [0.717, 1.165) is 0 Å². The summed E-state index contributed by atoms with van der Waals surface area (Å²) in [6.45, 7) is 3.50. The van der Waals surface area contributed by atoms with Gasteiger partial charge in [0.05, 0.1) is 19.6 Å². The van der Waals surface area contributed by atoms with Crippen molar-refractivity contribution in [2.45, 2.75) is 32.4 Å². The molecule has 0 fully saturated rings. The summed E-state index contributed by atoms with van der Waals surface area (Å²) in [5, 5.41) is 2.43. The highest BCUT2D eigenvalue weighted by molar-refractivity contribution is 5.90. The molecule has 7 heteroatoms. The van der Waals surface area contributed by atoms with Crippen molar-refractivity contribution in [2.75, 3.05) is 7.11 Å². The Bertz CT molecular complexity index is 304. The topological polar surface area (TPSA) is 125 Å². The summed E-state index contributed by atoms with van der Waals surface area (Å²) < 4.78 is 4.55. The van der Waals surface area contributed by atoms with Crippen LogP contribution < -0.4 is 16.8 Å². The largest absolute Gasteiger partial charge is 0.467 e. The summed E-state index contributed by atoms with van der Waals surface area (Å²) in [6, 6.07) is -1.84. The summed E-state index contributed by atoms with van der Waals surface area (Å²) in [6.07, 6.45) is -0.266. The number of carbonyl (C=O) groups excluding carboxylic acids is 3. The SMILES string of the molecule is COC(=O)[C@@H](NC(=O)[C@H](N)CC(N)=O)C(C)C. The average molecular weight is 245 g/mol. The maximum atomic E-state index is 11.6. The van der Waals surface area contributed by atoms with Gasteiger partial charge in [0.25, 0.3) is 0 Å². The lowest BCUT2D eigenvalue weighted by atomic mass is 10.0. The highest BCUT2D eigenvalue weighted by Gasteiger charge is 2.27. The Morgan fingerprint density at radius 2 is 1.82 bits per heavy atom. The molecular weight excluding hydrogens is 226 g/mol. The molecule has 98 valence electrons. The molecule has 17 heavy (non-hydrogen) atoms. The van der Waals surface area contributed by atoms with E-state index >= 15 is 0 Å². The zero-order valence-electron chi connectivity index (χ0n) is 10.2. The van der Waals surface area contributed by atoms with Gasteiger partial charge in [-0.25, -0.2) is 4.79 Å². The molecule has 0 unspecified atom stereocenters. The average Bonchev–Trinajstić information content (AvgIpc) is 2.22. The van der Waals surface area contributed by atoms with Crippen LogP contribution in [0.25, 0.3) is 0 Å². The number of carbonyl (C=O) groups is 3. The van der Waals surface area contributed by atoms with Crippen molar-refractivity contribution in [3.05, 3.63) is 0 Å². The molecule has 0 aliphatic heterocycles. The van der Waals surface area contributed by atoms with Crippen molar-refractivity contribution >= 4 is 17.8 Å². The first-order valence-corrected chi connectivity index (χ1v) is 5.21. The molecule has 2 atom stereocenters. The molecule has 2 amide bonds. The predicted molar refractivity (Wildman–Crippen MR) is 60.6 cm³/mol. The van der Waals surface area contributed by atoms with E-state index in [9.17, 15) is 14.4 Å². The Kier molecular flexibility index (Phi) is 6.19. The summed E-state index contributed by atoms with van der Waals surface area (Å²) in [4.78, 5) is 33.5. The first kappa shape index (κ1) is 15.4. The fraction of sp³-hybridized carbons (Fsp3) is 0.700. The third-order valence-corrected chi connectivity index (χ3v) is 2.18. The summed E-state index contributed by atoms with van der Waals surface area (Å²) in [5.74, 6) is -1.98. The second kappa shape index (κ2) is 6.85. The minimum absolute atomic E-state index is 0.146. The standard InChI is InChI=1S/C10H19N3O4/c1-5(2)8(10(16)17-3)13-9(15)6(11)4-7(12)14/h5-6,8H,4,11H2,1-3H3,(H2,12,14)(H,13,15)/t6-,8+/m1/s1. The molecule has 0 aromatic heterocycles. The fourth-order valence-electron chi connectivity index (χ4n) is 1.19. The van der Waals surface area contributed by atoms with Gasteiger partial charge in [-0.15, -0.1) is 0 Å². The van der Waals surface area contributed by atoms with Crippen LogP contribution in [0.4, 0.5) is 0 Å². The lowest BCUT2D eigenvalue weighted by Gasteiger charge is -2.21. The second-order valence-corrected chi connectivity index (χ2v) is 4.03. The number of rotatable bonds is 6. The second-order valence-electron chi connectivity index (χ2n) is 4.03. The van der Waals surface area contributed by atoms with E-state index in [1.807, 2.05) is 0 Å². The van der Waals surface area contributed by atoms with E-state index < -0.39 is 29.9 Å². The van der Waals surface area contributed by atoms with Gasteiger partial charge in [0.1, 0.15) is 6.04 Å². The third kappa shape index (κ3) is 5.30. The molecule has 0 aromatic carbocycles. The molecule has 0 radical (unpaired) electrons. The van der Waals surface area contributed by atoms with Gasteiger partial charge in [-0.05, 0) is 5.92 Å². The van der Waals surface area contributed by atoms with Gasteiger partial charge in [0.2, 0.25) is 11.8 Å². The lowest BCUT2D eigenvalue weighted by Crippen LogP contribution is -2.51. The van der Waals surface area contributed by atoms with E-state index in [1.54, 1.807) is 13.8 Å². The Labute approximate surface area is 99.9 Å². The minimum Gasteiger partial charge on any atom is -0.467 e. The normalized spacial score (nSPS) is 13.9. The molecule has 0 rings (SSSR count). The van der Waals surface area contributed by atoms with Gasteiger partial charge in [0.15, 0.2) is 0 Å². The Morgan fingerprint density at radius 1 is 1.29 bits per heavy atom. The Hall–Kier alpha value is -1.63. The number of nitrogens with one attached hydrogen (secondary N) is 1. The van der Waals surface area contributed by atoms with E-state index in [-0.39, 0.29) is 12.3 Å². The number of hydrogen-bond donors (Lipinski definition) is 3. The number of hydrogen-bond acceptors (Lipinski definition) is 5. The number of ether oxygens (including phenoxy) is 1. The Morgan fingerprint density at radius 3 is 2.18 bits per heavy atom. The molecule has 0 heterocycles. The molecular formula is C10H19N3O4. The van der Waals surface area contributed by atoms with Crippen molar-refractivity contribution < 1.29 is 19.1 Å². The highest BCUT2D eigenvalue weighted by Crippen LogP contribution is 2.04. The van der Waals surface area contributed by atoms with Crippen LogP contribution in [-0.2, 0) is 19.1 Å². The number of primary amides is 1. The summed E-state index contributed by atoms with van der Waals surface area (Å²) in [5.41, 5.74) is 10.4. The van der Waals surface area contributed by atoms with Gasteiger partial charge in [0, 0.05) is 0 Å². The molecule has 0 saturated carbocycles. The van der Waals surface area contributed by atoms with Gasteiger partial charge in [-0.2, -0.15) is 0 Å².